The van der Waals surface area contributed by atoms with Crippen LogP contribution >= 0.6 is 0 Å². The SMILES string of the molecule is CN(C=O)c1cc(N)ccc1OCc1ccccc1. The normalized spacial score (nSPS) is 9.95. The van der Waals surface area contributed by atoms with Gasteiger partial charge in [-0.1, -0.05) is 30.3 Å². The monoisotopic (exact) mass is 256 g/mol. The Morgan fingerprint density at radius 3 is 2.63 bits per heavy atom. The van der Waals surface area contributed by atoms with Crippen LogP contribution in [0.2, 0.25) is 0 Å². The zero-order valence-corrected chi connectivity index (χ0v) is 10.7. The van der Waals surface area contributed by atoms with Crippen LogP contribution < -0.4 is 15.4 Å². The molecule has 0 bridgehead atoms. The Kier molecular flexibility index (Phi) is 4.03. The van der Waals surface area contributed by atoms with Gasteiger partial charge >= 0.3 is 0 Å². The molecule has 0 aliphatic heterocycles. The molecule has 2 aromatic carbocycles. The number of carbonyl (C=O) groups excluding carboxylic acids is 1. The van der Waals surface area contributed by atoms with Gasteiger partial charge in [0, 0.05) is 12.7 Å². The summed E-state index contributed by atoms with van der Waals surface area (Å²) >= 11 is 0. The summed E-state index contributed by atoms with van der Waals surface area (Å²) in [5.41, 5.74) is 8.05. The average molecular weight is 256 g/mol. The molecule has 0 saturated heterocycles. The van der Waals surface area contributed by atoms with E-state index in [2.05, 4.69) is 0 Å². The van der Waals surface area contributed by atoms with E-state index in [-0.39, 0.29) is 0 Å². The molecule has 0 spiro atoms. The van der Waals surface area contributed by atoms with Gasteiger partial charge in [0.1, 0.15) is 12.4 Å². The Morgan fingerprint density at radius 1 is 1.21 bits per heavy atom. The minimum atomic E-state index is 0.449. The van der Waals surface area contributed by atoms with Gasteiger partial charge in [-0.05, 0) is 23.8 Å². The van der Waals surface area contributed by atoms with Crippen LogP contribution in [0.5, 0.6) is 5.75 Å². The topological polar surface area (TPSA) is 55.6 Å². The smallest absolute Gasteiger partial charge is 0.213 e. The number of nitrogens with two attached hydrogens (primary N) is 1. The first-order valence-corrected chi connectivity index (χ1v) is 5.95. The number of anilines is 2. The van der Waals surface area contributed by atoms with Crippen molar-refractivity contribution in [2.45, 2.75) is 6.61 Å². The standard InChI is InChI=1S/C15H16N2O2/c1-17(11-18)14-9-13(16)7-8-15(14)19-10-12-5-3-2-4-6-12/h2-9,11H,10,16H2,1H3. The van der Waals surface area contributed by atoms with Gasteiger partial charge in [-0.25, -0.2) is 0 Å². The highest BCUT2D eigenvalue weighted by molar-refractivity contribution is 5.79. The number of rotatable bonds is 5. The van der Waals surface area contributed by atoms with Crippen LogP contribution in [0, 0.1) is 0 Å². The third kappa shape index (κ3) is 3.25. The molecule has 0 unspecified atom stereocenters. The van der Waals surface area contributed by atoms with Crippen molar-refractivity contribution in [1.82, 2.24) is 0 Å². The summed E-state index contributed by atoms with van der Waals surface area (Å²) in [7, 11) is 1.66. The lowest BCUT2D eigenvalue weighted by Crippen LogP contribution is -2.15. The summed E-state index contributed by atoms with van der Waals surface area (Å²) in [6.45, 7) is 0.449. The molecule has 1 amide bonds. The largest absolute Gasteiger partial charge is 0.487 e. The molecule has 0 aliphatic carbocycles. The first-order chi connectivity index (χ1) is 9.20. The molecular weight excluding hydrogens is 240 g/mol. The van der Waals surface area contributed by atoms with Crippen LogP contribution in [-0.4, -0.2) is 13.5 Å². The Labute approximate surface area is 112 Å². The van der Waals surface area contributed by atoms with E-state index in [9.17, 15) is 4.79 Å². The van der Waals surface area contributed by atoms with Crippen molar-refractivity contribution in [3.8, 4) is 5.75 Å². The number of nitrogen functional groups attached to an aromatic ring is 1. The molecule has 0 aliphatic rings. The van der Waals surface area contributed by atoms with Gasteiger partial charge in [-0.2, -0.15) is 0 Å². The summed E-state index contributed by atoms with van der Waals surface area (Å²) in [5, 5.41) is 0. The van der Waals surface area contributed by atoms with E-state index in [0.29, 0.717) is 23.7 Å². The van der Waals surface area contributed by atoms with Crippen molar-refractivity contribution in [3.05, 3.63) is 54.1 Å². The average Bonchev–Trinajstić information content (AvgIpc) is 2.46. The minimum Gasteiger partial charge on any atom is -0.487 e. The summed E-state index contributed by atoms with van der Waals surface area (Å²) in [6.07, 6.45) is 0.726. The maximum absolute atomic E-state index is 10.9. The molecule has 0 aromatic heterocycles. The zero-order valence-electron chi connectivity index (χ0n) is 10.7. The second-order valence-corrected chi connectivity index (χ2v) is 4.22. The van der Waals surface area contributed by atoms with Crippen LogP contribution in [0.1, 0.15) is 5.56 Å². The van der Waals surface area contributed by atoms with Crippen LogP contribution in [0.15, 0.2) is 48.5 Å². The number of ether oxygens (including phenoxy) is 1. The molecule has 0 radical (unpaired) electrons. The Morgan fingerprint density at radius 2 is 1.95 bits per heavy atom. The Balaban J connectivity index is 2.18. The summed E-state index contributed by atoms with van der Waals surface area (Å²) in [6, 6.07) is 15.1. The van der Waals surface area contributed by atoms with E-state index in [0.717, 1.165) is 12.0 Å². The lowest BCUT2D eigenvalue weighted by atomic mass is 10.2. The highest BCUT2D eigenvalue weighted by Gasteiger charge is 2.08. The highest BCUT2D eigenvalue weighted by atomic mass is 16.5. The van der Waals surface area contributed by atoms with E-state index in [4.69, 9.17) is 10.5 Å². The van der Waals surface area contributed by atoms with Gasteiger partial charge in [-0.3, -0.25) is 4.79 Å². The second kappa shape index (κ2) is 5.91. The zero-order chi connectivity index (χ0) is 13.7. The third-order valence-corrected chi connectivity index (χ3v) is 2.76. The van der Waals surface area contributed by atoms with E-state index < -0.39 is 0 Å². The van der Waals surface area contributed by atoms with Crippen LogP contribution in [0.4, 0.5) is 11.4 Å². The van der Waals surface area contributed by atoms with Crippen molar-refractivity contribution < 1.29 is 9.53 Å². The van der Waals surface area contributed by atoms with Gasteiger partial charge in [0.05, 0.1) is 5.69 Å². The van der Waals surface area contributed by atoms with E-state index >= 15 is 0 Å². The predicted octanol–water partition coefficient (Wildman–Crippen LogP) is 2.44. The number of amides is 1. The lowest BCUT2D eigenvalue weighted by molar-refractivity contribution is -0.107. The molecule has 4 nitrogen and oxygen atoms in total. The molecule has 2 aromatic rings. The lowest BCUT2D eigenvalue weighted by Gasteiger charge is -2.17. The number of carbonyl (C=O) groups is 1. The quantitative estimate of drug-likeness (QED) is 0.660. The molecule has 98 valence electrons. The fraction of sp³-hybridized carbons (Fsp3) is 0.133. The van der Waals surface area contributed by atoms with Crippen LogP contribution in [0.25, 0.3) is 0 Å². The fourth-order valence-electron chi connectivity index (χ4n) is 1.72. The summed E-state index contributed by atoms with van der Waals surface area (Å²) in [5.74, 6) is 0.632. The van der Waals surface area contributed by atoms with Gasteiger partial charge in [0.25, 0.3) is 0 Å². The van der Waals surface area contributed by atoms with Crippen molar-refractivity contribution in [1.29, 1.82) is 0 Å². The number of nitrogens with zero attached hydrogens (tertiary/aromatic N) is 1. The molecule has 2 rings (SSSR count). The molecular formula is C15H16N2O2. The van der Waals surface area contributed by atoms with Gasteiger partial charge in [0.15, 0.2) is 0 Å². The molecule has 4 heteroatoms. The maximum atomic E-state index is 10.9. The first-order valence-electron chi connectivity index (χ1n) is 5.95. The molecule has 0 fully saturated rings. The molecule has 0 saturated carbocycles. The van der Waals surface area contributed by atoms with Crippen molar-refractivity contribution in [2.75, 3.05) is 17.7 Å². The minimum absolute atomic E-state index is 0.449. The maximum Gasteiger partial charge on any atom is 0.213 e. The van der Waals surface area contributed by atoms with Crippen molar-refractivity contribution in [2.24, 2.45) is 0 Å². The van der Waals surface area contributed by atoms with Gasteiger partial charge < -0.3 is 15.4 Å². The fourth-order valence-corrected chi connectivity index (χ4v) is 1.72. The number of hydrogen-bond acceptors (Lipinski definition) is 3. The van der Waals surface area contributed by atoms with Crippen molar-refractivity contribution in [3.63, 3.8) is 0 Å². The summed E-state index contributed by atoms with van der Waals surface area (Å²) < 4.78 is 5.75. The van der Waals surface area contributed by atoms with Crippen LogP contribution in [0.3, 0.4) is 0 Å². The van der Waals surface area contributed by atoms with E-state index in [1.165, 1.54) is 4.90 Å². The van der Waals surface area contributed by atoms with Gasteiger partial charge in [-0.15, -0.1) is 0 Å². The predicted molar refractivity (Wildman–Crippen MR) is 76.1 cm³/mol. The number of hydrogen-bond donors (Lipinski definition) is 1. The number of benzene rings is 2. The third-order valence-electron chi connectivity index (χ3n) is 2.76. The molecule has 0 atom stereocenters. The van der Waals surface area contributed by atoms with E-state index in [1.807, 2.05) is 30.3 Å². The summed E-state index contributed by atoms with van der Waals surface area (Å²) in [4.78, 5) is 12.3. The second-order valence-electron chi connectivity index (χ2n) is 4.22. The molecule has 2 N–H and O–H groups in total. The Bertz CT molecular complexity index is 555. The van der Waals surface area contributed by atoms with Crippen LogP contribution in [-0.2, 0) is 11.4 Å². The molecule has 19 heavy (non-hydrogen) atoms. The van der Waals surface area contributed by atoms with Crippen molar-refractivity contribution >= 4 is 17.8 Å². The highest BCUT2D eigenvalue weighted by Crippen LogP contribution is 2.29. The van der Waals surface area contributed by atoms with E-state index in [1.54, 1.807) is 25.2 Å². The van der Waals surface area contributed by atoms with Gasteiger partial charge in [0.2, 0.25) is 6.41 Å². The molecule has 0 heterocycles. The Hall–Kier alpha value is -2.49. The first kappa shape index (κ1) is 13.0.